The maximum absolute atomic E-state index is 11.4. The number of nitrogens with one attached hydrogen (secondary N) is 1. The molecule has 2 aromatic rings. The molecule has 2 aromatic heterocycles. The molecule has 1 aliphatic heterocycles. The molecule has 9 nitrogen and oxygen atoms in total. The summed E-state index contributed by atoms with van der Waals surface area (Å²) in [5.41, 5.74) is 0. The number of piperazine rings is 1. The van der Waals surface area contributed by atoms with Gasteiger partial charge in [-0.25, -0.2) is 4.68 Å². The van der Waals surface area contributed by atoms with E-state index in [2.05, 4.69) is 25.4 Å². The number of carbonyl (C=O) groups is 2. The van der Waals surface area contributed by atoms with Crippen LogP contribution in [0.4, 0.5) is 5.95 Å². The number of anilines is 1. The van der Waals surface area contributed by atoms with Crippen molar-refractivity contribution >= 4 is 29.4 Å². The van der Waals surface area contributed by atoms with Crippen LogP contribution in [0, 0.1) is 0 Å². The van der Waals surface area contributed by atoms with E-state index in [9.17, 15) is 9.59 Å². The first-order valence-electron chi connectivity index (χ1n) is 5.61. The van der Waals surface area contributed by atoms with Gasteiger partial charge in [-0.15, -0.1) is 0 Å². The summed E-state index contributed by atoms with van der Waals surface area (Å²) in [6.45, 7) is -0.0464. The van der Waals surface area contributed by atoms with E-state index < -0.39 is 11.8 Å². The Morgan fingerprint density at radius 3 is 2.45 bits per heavy atom. The van der Waals surface area contributed by atoms with E-state index >= 15 is 0 Å². The van der Waals surface area contributed by atoms with Crippen molar-refractivity contribution in [1.29, 1.82) is 0 Å². The summed E-state index contributed by atoms with van der Waals surface area (Å²) in [5, 5.41) is 6.14. The maximum atomic E-state index is 11.4. The number of hydrogen-bond donors (Lipinski definition) is 1. The second-order valence-electron chi connectivity index (χ2n) is 3.98. The van der Waals surface area contributed by atoms with Gasteiger partial charge in [-0.3, -0.25) is 14.9 Å². The Morgan fingerprint density at radius 1 is 1.10 bits per heavy atom. The summed E-state index contributed by atoms with van der Waals surface area (Å²) >= 11 is 5.84. The monoisotopic (exact) mass is 293 g/mol. The van der Waals surface area contributed by atoms with E-state index in [1.807, 2.05) is 0 Å². The normalized spacial score (nSPS) is 15.3. The molecule has 0 unspecified atom stereocenters. The van der Waals surface area contributed by atoms with Crippen LogP contribution < -0.4 is 10.2 Å². The third-order valence-corrected chi connectivity index (χ3v) is 2.69. The molecule has 3 rings (SSSR count). The van der Waals surface area contributed by atoms with Gasteiger partial charge in [0.25, 0.3) is 5.95 Å². The van der Waals surface area contributed by atoms with Gasteiger partial charge in [-0.2, -0.15) is 20.1 Å². The third kappa shape index (κ3) is 2.43. The van der Waals surface area contributed by atoms with Gasteiger partial charge in [-0.05, 0) is 17.7 Å². The quantitative estimate of drug-likeness (QED) is 0.721. The number of nitrogens with zero attached hydrogens (tertiary/aromatic N) is 6. The van der Waals surface area contributed by atoms with Gasteiger partial charge in [0.1, 0.15) is 13.1 Å². The van der Waals surface area contributed by atoms with Crippen LogP contribution in [0.2, 0.25) is 5.28 Å². The van der Waals surface area contributed by atoms with Crippen molar-refractivity contribution in [3.8, 4) is 5.95 Å². The molecule has 0 atom stereocenters. The van der Waals surface area contributed by atoms with E-state index in [-0.39, 0.29) is 30.3 Å². The SMILES string of the molecule is O=C1CN(c2nc(Cl)nc(-n3cccn3)n2)CC(=O)N1. The van der Waals surface area contributed by atoms with Crippen LogP contribution in [0.5, 0.6) is 0 Å². The van der Waals surface area contributed by atoms with E-state index in [0.29, 0.717) is 0 Å². The standard InChI is InChI=1S/C10H8ClN7O2/c11-8-14-9(17-4-6(19)13-7(20)5-17)16-10(15-8)18-3-1-2-12-18/h1-3H,4-5H2,(H,13,19,20). The molecule has 0 aliphatic carbocycles. The summed E-state index contributed by atoms with van der Waals surface area (Å²) in [6.07, 6.45) is 3.21. The second kappa shape index (κ2) is 4.85. The van der Waals surface area contributed by atoms with Gasteiger partial charge in [-0.1, -0.05) is 0 Å². The van der Waals surface area contributed by atoms with Crippen molar-refractivity contribution in [2.75, 3.05) is 18.0 Å². The molecule has 2 amide bonds. The number of imide groups is 1. The van der Waals surface area contributed by atoms with E-state index in [1.165, 1.54) is 9.58 Å². The Bertz CT molecular complexity index is 656. The first-order valence-corrected chi connectivity index (χ1v) is 5.99. The largest absolute Gasteiger partial charge is 0.322 e. The predicted molar refractivity (Wildman–Crippen MR) is 67.3 cm³/mol. The fraction of sp³-hybridized carbons (Fsp3) is 0.200. The molecule has 1 fully saturated rings. The molecule has 10 heteroatoms. The molecular weight excluding hydrogens is 286 g/mol. The minimum absolute atomic E-state index is 0.0232. The first-order chi connectivity index (χ1) is 9.61. The lowest BCUT2D eigenvalue weighted by molar-refractivity contribution is -0.130. The van der Waals surface area contributed by atoms with Gasteiger partial charge in [0, 0.05) is 12.4 Å². The Labute approximate surface area is 117 Å². The van der Waals surface area contributed by atoms with Gasteiger partial charge in [0.15, 0.2) is 0 Å². The average molecular weight is 294 g/mol. The predicted octanol–water partition coefficient (Wildman–Crippen LogP) is -0.827. The number of hydrogen-bond acceptors (Lipinski definition) is 7. The van der Waals surface area contributed by atoms with E-state index in [1.54, 1.807) is 18.5 Å². The molecule has 3 heterocycles. The zero-order valence-electron chi connectivity index (χ0n) is 10.0. The molecule has 1 saturated heterocycles. The lowest BCUT2D eigenvalue weighted by Crippen LogP contribution is -2.52. The molecule has 0 aromatic carbocycles. The van der Waals surface area contributed by atoms with Crippen molar-refractivity contribution in [1.82, 2.24) is 30.0 Å². The number of halogens is 1. The topological polar surface area (TPSA) is 106 Å². The molecule has 0 saturated carbocycles. The zero-order chi connectivity index (χ0) is 14.1. The number of aromatic nitrogens is 5. The molecule has 0 radical (unpaired) electrons. The number of carbonyl (C=O) groups excluding carboxylic acids is 2. The molecule has 20 heavy (non-hydrogen) atoms. The van der Waals surface area contributed by atoms with Crippen LogP contribution >= 0.6 is 11.6 Å². The lowest BCUT2D eigenvalue weighted by atomic mass is 10.3. The van der Waals surface area contributed by atoms with Crippen LogP contribution in [0.15, 0.2) is 18.5 Å². The Balaban J connectivity index is 1.97. The number of rotatable bonds is 2. The van der Waals surface area contributed by atoms with Crippen LogP contribution in [0.1, 0.15) is 0 Å². The molecule has 0 bridgehead atoms. The van der Waals surface area contributed by atoms with Crippen molar-refractivity contribution in [3.63, 3.8) is 0 Å². The van der Waals surface area contributed by atoms with Crippen molar-refractivity contribution in [3.05, 3.63) is 23.7 Å². The third-order valence-electron chi connectivity index (χ3n) is 2.52. The minimum atomic E-state index is -0.418. The maximum Gasteiger partial charge on any atom is 0.256 e. The summed E-state index contributed by atoms with van der Waals surface area (Å²) in [4.78, 5) is 36.2. The minimum Gasteiger partial charge on any atom is -0.322 e. The zero-order valence-corrected chi connectivity index (χ0v) is 10.8. The molecule has 1 N–H and O–H groups in total. The highest BCUT2D eigenvalue weighted by Gasteiger charge is 2.25. The van der Waals surface area contributed by atoms with Crippen LogP contribution in [-0.2, 0) is 9.59 Å². The van der Waals surface area contributed by atoms with Crippen LogP contribution in [0.25, 0.3) is 5.95 Å². The Hall–Kier alpha value is -2.55. The average Bonchev–Trinajstić information content (AvgIpc) is 2.90. The summed E-state index contributed by atoms with van der Waals surface area (Å²) in [7, 11) is 0. The van der Waals surface area contributed by atoms with Crippen molar-refractivity contribution in [2.24, 2.45) is 0 Å². The second-order valence-corrected chi connectivity index (χ2v) is 4.32. The fourth-order valence-corrected chi connectivity index (χ4v) is 1.89. The lowest BCUT2D eigenvalue weighted by Gasteiger charge is -2.25. The van der Waals surface area contributed by atoms with Gasteiger partial charge in [0.2, 0.25) is 23.0 Å². The van der Waals surface area contributed by atoms with Crippen molar-refractivity contribution < 1.29 is 9.59 Å². The van der Waals surface area contributed by atoms with E-state index in [0.717, 1.165) is 0 Å². The highest BCUT2D eigenvalue weighted by molar-refractivity contribution is 6.28. The van der Waals surface area contributed by atoms with Gasteiger partial charge in [0.05, 0.1) is 0 Å². The van der Waals surface area contributed by atoms with E-state index in [4.69, 9.17) is 11.6 Å². The van der Waals surface area contributed by atoms with Gasteiger partial charge >= 0.3 is 0 Å². The fourth-order valence-electron chi connectivity index (χ4n) is 1.74. The Morgan fingerprint density at radius 2 is 1.80 bits per heavy atom. The molecule has 0 spiro atoms. The highest BCUT2D eigenvalue weighted by Crippen LogP contribution is 2.14. The summed E-state index contributed by atoms with van der Waals surface area (Å²) in [6, 6.07) is 1.70. The molecule has 102 valence electrons. The number of amides is 2. The first kappa shape index (κ1) is 12.5. The smallest absolute Gasteiger partial charge is 0.256 e. The van der Waals surface area contributed by atoms with Crippen molar-refractivity contribution in [2.45, 2.75) is 0 Å². The molecule has 1 aliphatic rings. The van der Waals surface area contributed by atoms with Crippen LogP contribution in [-0.4, -0.2) is 49.6 Å². The molecular formula is C10H8ClN7O2. The van der Waals surface area contributed by atoms with Crippen LogP contribution in [0.3, 0.4) is 0 Å². The van der Waals surface area contributed by atoms with Gasteiger partial charge < -0.3 is 4.90 Å². The highest BCUT2D eigenvalue weighted by atomic mass is 35.5. The Kier molecular flexibility index (Phi) is 3.03. The summed E-state index contributed by atoms with van der Waals surface area (Å²) < 4.78 is 1.41. The summed E-state index contributed by atoms with van der Waals surface area (Å²) in [5.74, 6) is -0.473.